The molecule has 0 aliphatic carbocycles. The number of thioether (sulfide) groups is 1. The third-order valence-electron chi connectivity index (χ3n) is 2.94. The van der Waals surface area contributed by atoms with E-state index in [2.05, 4.69) is 10.5 Å². The molecule has 0 aliphatic rings. The number of esters is 1. The van der Waals surface area contributed by atoms with E-state index in [0.29, 0.717) is 33.8 Å². The van der Waals surface area contributed by atoms with Crippen LogP contribution >= 0.6 is 11.8 Å². The van der Waals surface area contributed by atoms with Crippen molar-refractivity contribution in [3.8, 4) is 0 Å². The van der Waals surface area contributed by atoms with E-state index in [-0.39, 0.29) is 5.56 Å². The average molecular weight is 356 g/mol. The number of anilines is 1. The van der Waals surface area contributed by atoms with E-state index in [9.17, 15) is 18.4 Å². The van der Waals surface area contributed by atoms with Crippen molar-refractivity contribution in [2.24, 2.45) is 0 Å². The summed E-state index contributed by atoms with van der Waals surface area (Å²) in [4.78, 5) is 24.0. The third kappa shape index (κ3) is 4.79. The van der Waals surface area contributed by atoms with Gasteiger partial charge in [0, 0.05) is 10.6 Å². The largest absolute Gasteiger partial charge is 0.452 e. The maximum Gasteiger partial charge on any atom is 0.344 e. The van der Waals surface area contributed by atoms with Gasteiger partial charge in [-0.15, -0.1) is 0 Å². The summed E-state index contributed by atoms with van der Waals surface area (Å²) in [5.41, 5.74) is 0.980. The number of hydrogen-bond donors (Lipinski definition) is 1. The summed E-state index contributed by atoms with van der Waals surface area (Å²) >= 11 is 0.411. The number of hydrogen-bond acceptors (Lipinski definition) is 6. The number of nitrogens with one attached hydrogen (secondary N) is 1. The Labute approximate surface area is 140 Å². The Morgan fingerprint density at radius 1 is 1.29 bits per heavy atom. The lowest BCUT2D eigenvalue weighted by atomic mass is 10.2. The van der Waals surface area contributed by atoms with E-state index < -0.39 is 24.2 Å². The van der Waals surface area contributed by atoms with E-state index in [4.69, 9.17) is 9.26 Å². The van der Waals surface area contributed by atoms with Gasteiger partial charge in [0.2, 0.25) is 0 Å². The van der Waals surface area contributed by atoms with Gasteiger partial charge in [0.05, 0.1) is 5.69 Å². The van der Waals surface area contributed by atoms with Crippen LogP contribution in [0.1, 0.15) is 21.8 Å². The highest BCUT2D eigenvalue weighted by Gasteiger charge is 2.19. The quantitative estimate of drug-likeness (QED) is 0.631. The Bertz CT molecular complexity index is 712. The number of carbonyl (C=O) groups excluding carboxylic acids is 2. The van der Waals surface area contributed by atoms with Crippen LogP contribution in [0, 0.1) is 13.8 Å². The van der Waals surface area contributed by atoms with E-state index in [1.807, 2.05) is 0 Å². The topological polar surface area (TPSA) is 81.4 Å². The van der Waals surface area contributed by atoms with Crippen LogP contribution in [0.4, 0.5) is 14.5 Å². The number of benzene rings is 1. The van der Waals surface area contributed by atoms with Gasteiger partial charge in [0.1, 0.15) is 11.3 Å². The summed E-state index contributed by atoms with van der Waals surface area (Å²) in [5.74, 6) is -3.45. The van der Waals surface area contributed by atoms with Crippen molar-refractivity contribution in [3.63, 3.8) is 0 Å². The highest BCUT2D eigenvalue weighted by molar-refractivity contribution is 7.99. The molecule has 1 amide bonds. The molecule has 9 heteroatoms. The molecule has 0 aliphatic heterocycles. The average Bonchev–Trinajstić information content (AvgIpc) is 2.85. The van der Waals surface area contributed by atoms with Gasteiger partial charge in [-0.3, -0.25) is 4.79 Å². The van der Waals surface area contributed by atoms with Gasteiger partial charge in [-0.2, -0.15) is 8.78 Å². The van der Waals surface area contributed by atoms with Crippen LogP contribution in [0.15, 0.2) is 33.7 Å². The second kappa shape index (κ2) is 7.91. The molecule has 0 bridgehead atoms. The molecule has 1 N–H and O–H groups in total. The lowest BCUT2D eigenvalue weighted by Gasteiger charge is -2.07. The van der Waals surface area contributed by atoms with Gasteiger partial charge in [-0.1, -0.05) is 16.9 Å². The van der Waals surface area contributed by atoms with Gasteiger partial charge in [0.15, 0.2) is 6.61 Å². The fourth-order valence-corrected chi connectivity index (χ4v) is 2.39. The van der Waals surface area contributed by atoms with Crippen LogP contribution in [-0.2, 0) is 9.53 Å². The van der Waals surface area contributed by atoms with Crippen molar-refractivity contribution in [1.82, 2.24) is 5.16 Å². The predicted octanol–water partition coefficient (Wildman–Crippen LogP) is 3.40. The minimum Gasteiger partial charge on any atom is -0.452 e. The van der Waals surface area contributed by atoms with E-state index >= 15 is 0 Å². The zero-order chi connectivity index (χ0) is 17.7. The SMILES string of the molecule is Cc1noc(C)c1C(=O)OCC(=O)Nc1ccc(SC(F)F)cc1. The second-order valence-corrected chi connectivity index (χ2v) is 5.79. The molecule has 1 aromatic carbocycles. The van der Waals surface area contributed by atoms with Crippen molar-refractivity contribution in [2.45, 2.75) is 24.5 Å². The second-order valence-electron chi connectivity index (χ2n) is 4.73. The summed E-state index contributed by atoms with van der Waals surface area (Å²) in [5, 5.41) is 6.13. The third-order valence-corrected chi connectivity index (χ3v) is 3.66. The first-order valence-electron chi connectivity index (χ1n) is 6.81. The van der Waals surface area contributed by atoms with Crippen molar-refractivity contribution in [3.05, 3.63) is 41.3 Å². The zero-order valence-corrected chi connectivity index (χ0v) is 13.7. The van der Waals surface area contributed by atoms with E-state index in [1.165, 1.54) is 24.3 Å². The summed E-state index contributed by atoms with van der Waals surface area (Å²) in [6, 6.07) is 5.89. The molecule has 6 nitrogen and oxygen atoms in total. The summed E-state index contributed by atoms with van der Waals surface area (Å²) in [6.07, 6.45) is 0. The summed E-state index contributed by atoms with van der Waals surface area (Å²) < 4.78 is 34.2. The molecule has 0 atom stereocenters. The van der Waals surface area contributed by atoms with E-state index in [0.717, 1.165) is 0 Å². The first kappa shape index (κ1) is 17.9. The highest BCUT2D eigenvalue weighted by Crippen LogP contribution is 2.26. The molecule has 1 heterocycles. The molecule has 0 saturated heterocycles. The Hall–Kier alpha value is -2.42. The Kier molecular flexibility index (Phi) is 5.91. The molecule has 128 valence electrons. The first-order chi connectivity index (χ1) is 11.4. The number of amides is 1. The molecule has 24 heavy (non-hydrogen) atoms. The summed E-state index contributed by atoms with van der Waals surface area (Å²) in [6.45, 7) is 2.66. The molecule has 0 fully saturated rings. The van der Waals surface area contributed by atoms with Crippen LogP contribution in [0.5, 0.6) is 0 Å². The lowest BCUT2D eigenvalue weighted by Crippen LogP contribution is -2.21. The standard InChI is InChI=1S/C15H14F2N2O4S/c1-8-13(9(2)23-19-8)14(21)22-7-12(20)18-10-3-5-11(6-4-10)24-15(16)17/h3-6,15H,7H2,1-2H3,(H,18,20). The number of nitrogens with zero attached hydrogens (tertiary/aromatic N) is 1. The molecular formula is C15H14F2N2O4S. The first-order valence-corrected chi connectivity index (χ1v) is 7.69. The predicted molar refractivity (Wildman–Crippen MR) is 83.2 cm³/mol. The monoisotopic (exact) mass is 356 g/mol. The van der Waals surface area contributed by atoms with Crippen molar-refractivity contribution in [2.75, 3.05) is 11.9 Å². The van der Waals surface area contributed by atoms with Crippen LogP contribution in [-0.4, -0.2) is 29.4 Å². The molecule has 2 aromatic rings. The number of carbonyl (C=O) groups is 2. The van der Waals surface area contributed by atoms with Crippen molar-refractivity contribution >= 4 is 29.3 Å². The minimum absolute atomic E-state index is 0.191. The maximum atomic E-state index is 12.2. The number of ether oxygens (including phenoxy) is 1. The minimum atomic E-state index is -2.51. The van der Waals surface area contributed by atoms with Gasteiger partial charge in [0.25, 0.3) is 11.7 Å². The fourth-order valence-electron chi connectivity index (χ4n) is 1.89. The number of halogens is 2. The molecule has 2 rings (SSSR count). The number of alkyl halides is 2. The molecule has 0 radical (unpaired) electrons. The van der Waals surface area contributed by atoms with E-state index in [1.54, 1.807) is 13.8 Å². The van der Waals surface area contributed by atoms with Crippen LogP contribution in [0.3, 0.4) is 0 Å². The van der Waals surface area contributed by atoms with Gasteiger partial charge in [-0.25, -0.2) is 4.79 Å². The number of aromatic nitrogens is 1. The summed E-state index contributed by atoms with van der Waals surface area (Å²) in [7, 11) is 0. The molecule has 0 spiro atoms. The Morgan fingerprint density at radius 3 is 2.50 bits per heavy atom. The van der Waals surface area contributed by atoms with Crippen molar-refractivity contribution in [1.29, 1.82) is 0 Å². The van der Waals surface area contributed by atoms with Gasteiger partial charge in [-0.05, 0) is 38.1 Å². The van der Waals surface area contributed by atoms with Crippen LogP contribution < -0.4 is 5.32 Å². The van der Waals surface area contributed by atoms with Gasteiger partial charge >= 0.3 is 5.97 Å². The molecule has 1 aromatic heterocycles. The number of aryl methyl sites for hydroxylation is 2. The Morgan fingerprint density at radius 2 is 1.96 bits per heavy atom. The normalized spacial score (nSPS) is 10.7. The van der Waals surface area contributed by atoms with Gasteiger partial charge < -0.3 is 14.6 Å². The van der Waals surface area contributed by atoms with Crippen LogP contribution in [0.25, 0.3) is 0 Å². The molecular weight excluding hydrogens is 342 g/mol. The Balaban J connectivity index is 1.86. The fraction of sp³-hybridized carbons (Fsp3) is 0.267. The molecule has 0 unspecified atom stereocenters. The zero-order valence-electron chi connectivity index (χ0n) is 12.8. The van der Waals surface area contributed by atoms with Crippen molar-refractivity contribution < 1.29 is 27.6 Å². The molecule has 0 saturated carbocycles. The highest BCUT2D eigenvalue weighted by atomic mass is 32.2. The lowest BCUT2D eigenvalue weighted by molar-refractivity contribution is -0.119. The van der Waals surface area contributed by atoms with Crippen LogP contribution in [0.2, 0.25) is 0 Å². The maximum absolute atomic E-state index is 12.2. The smallest absolute Gasteiger partial charge is 0.344 e. The number of rotatable bonds is 6.